The molecule has 1 saturated heterocycles. The molecule has 0 aromatic heterocycles. The smallest absolute Gasteiger partial charge is 0.312 e. The SMILES string of the molecule is CCOCCCNC(=O)C(=O)N1CCN(c2ccccc2F)CC1. The molecule has 0 saturated carbocycles. The number of ether oxygens (including phenoxy) is 1. The van der Waals surface area contributed by atoms with Crippen molar-refractivity contribution in [3.63, 3.8) is 0 Å². The highest BCUT2D eigenvalue weighted by Gasteiger charge is 2.26. The van der Waals surface area contributed by atoms with Gasteiger partial charge in [0.2, 0.25) is 0 Å². The minimum atomic E-state index is -0.592. The van der Waals surface area contributed by atoms with E-state index in [0.29, 0.717) is 58.0 Å². The number of nitrogens with zero attached hydrogens (tertiary/aromatic N) is 2. The number of piperazine rings is 1. The van der Waals surface area contributed by atoms with Gasteiger partial charge in [-0.05, 0) is 25.5 Å². The summed E-state index contributed by atoms with van der Waals surface area (Å²) in [6.07, 6.45) is 0.675. The van der Waals surface area contributed by atoms with Crippen LogP contribution in [0.5, 0.6) is 0 Å². The number of nitrogens with one attached hydrogen (secondary N) is 1. The van der Waals surface area contributed by atoms with Crippen LogP contribution >= 0.6 is 0 Å². The van der Waals surface area contributed by atoms with Crippen LogP contribution in [0.15, 0.2) is 24.3 Å². The third-order valence-corrected chi connectivity index (χ3v) is 3.91. The van der Waals surface area contributed by atoms with Gasteiger partial charge in [0.05, 0.1) is 5.69 Å². The number of amides is 2. The van der Waals surface area contributed by atoms with Crippen LogP contribution in [-0.2, 0) is 14.3 Å². The largest absolute Gasteiger partial charge is 0.382 e. The minimum absolute atomic E-state index is 0.274. The Morgan fingerprint density at radius 2 is 1.92 bits per heavy atom. The summed E-state index contributed by atoms with van der Waals surface area (Å²) in [5, 5.41) is 2.61. The van der Waals surface area contributed by atoms with Gasteiger partial charge in [0.25, 0.3) is 0 Å². The Morgan fingerprint density at radius 1 is 1.21 bits per heavy atom. The molecule has 2 amide bonds. The van der Waals surface area contributed by atoms with E-state index in [-0.39, 0.29) is 5.82 Å². The molecule has 1 aliphatic rings. The number of carbonyl (C=O) groups is 2. The predicted octanol–water partition coefficient (Wildman–Crippen LogP) is 1.02. The molecule has 0 bridgehead atoms. The first kappa shape index (κ1) is 18.2. The summed E-state index contributed by atoms with van der Waals surface area (Å²) in [6, 6.07) is 6.57. The Hall–Kier alpha value is -2.15. The molecular weight excluding hydrogens is 313 g/mol. The fourth-order valence-electron chi connectivity index (χ4n) is 2.60. The van der Waals surface area contributed by atoms with E-state index in [1.807, 2.05) is 11.8 Å². The van der Waals surface area contributed by atoms with Crippen LogP contribution < -0.4 is 10.2 Å². The van der Waals surface area contributed by atoms with E-state index in [0.717, 1.165) is 0 Å². The van der Waals surface area contributed by atoms with Gasteiger partial charge >= 0.3 is 11.8 Å². The lowest BCUT2D eigenvalue weighted by Crippen LogP contribution is -2.53. The Bertz CT molecular complexity index is 560. The number of hydrogen-bond acceptors (Lipinski definition) is 4. The van der Waals surface area contributed by atoms with E-state index in [4.69, 9.17) is 4.74 Å². The zero-order chi connectivity index (χ0) is 17.4. The second-order valence-electron chi connectivity index (χ2n) is 5.54. The van der Waals surface area contributed by atoms with Gasteiger partial charge in [0.15, 0.2) is 0 Å². The molecule has 0 spiro atoms. The molecule has 1 heterocycles. The summed E-state index contributed by atoms with van der Waals surface area (Å²) < 4.78 is 19.0. The highest BCUT2D eigenvalue weighted by atomic mass is 19.1. The minimum Gasteiger partial charge on any atom is -0.382 e. The summed E-state index contributed by atoms with van der Waals surface area (Å²) in [5.74, 6) is -1.39. The Morgan fingerprint density at radius 3 is 2.58 bits per heavy atom. The molecule has 1 aromatic rings. The van der Waals surface area contributed by atoms with Crippen molar-refractivity contribution in [3.8, 4) is 0 Å². The fraction of sp³-hybridized carbons (Fsp3) is 0.529. The standard InChI is InChI=1S/C17H24FN3O3/c1-2-24-13-5-8-19-16(22)17(23)21-11-9-20(10-12-21)15-7-4-3-6-14(15)18/h3-4,6-7H,2,5,8-13H2,1H3,(H,19,22). The highest BCUT2D eigenvalue weighted by Crippen LogP contribution is 2.20. The predicted molar refractivity (Wildman–Crippen MR) is 89.3 cm³/mol. The zero-order valence-corrected chi connectivity index (χ0v) is 14.0. The van der Waals surface area contributed by atoms with Crippen LogP contribution in [0.4, 0.5) is 10.1 Å². The number of rotatable bonds is 6. The normalized spacial score (nSPS) is 14.6. The lowest BCUT2D eigenvalue weighted by atomic mass is 10.2. The molecule has 6 nitrogen and oxygen atoms in total. The van der Waals surface area contributed by atoms with Crippen molar-refractivity contribution in [2.24, 2.45) is 0 Å². The van der Waals surface area contributed by atoms with Gasteiger partial charge in [-0.3, -0.25) is 9.59 Å². The van der Waals surface area contributed by atoms with E-state index in [1.165, 1.54) is 11.0 Å². The Labute approximate surface area is 141 Å². The van der Waals surface area contributed by atoms with E-state index >= 15 is 0 Å². The number of para-hydroxylation sites is 1. The first-order valence-corrected chi connectivity index (χ1v) is 8.27. The van der Waals surface area contributed by atoms with Crippen LogP contribution in [0.3, 0.4) is 0 Å². The molecule has 0 radical (unpaired) electrons. The van der Waals surface area contributed by atoms with Crippen molar-refractivity contribution in [2.75, 3.05) is 50.8 Å². The van der Waals surface area contributed by atoms with E-state index in [9.17, 15) is 14.0 Å². The molecule has 1 aromatic carbocycles. The van der Waals surface area contributed by atoms with Crippen molar-refractivity contribution in [3.05, 3.63) is 30.1 Å². The molecule has 1 fully saturated rings. The van der Waals surface area contributed by atoms with Crippen molar-refractivity contribution in [1.82, 2.24) is 10.2 Å². The first-order chi connectivity index (χ1) is 11.6. The molecule has 1 aliphatic heterocycles. The summed E-state index contributed by atoms with van der Waals surface area (Å²) in [7, 11) is 0. The average molecular weight is 337 g/mol. The van der Waals surface area contributed by atoms with Crippen molar-refractivity contribution in [2.45, 2.75) is 13.3 Å². The number of hydrogen-bond donors (Lipinski definition) is 1. The van der Waals surface area contributed by atoms with Gasteiger partial charge in [-0.2, -0.15) is 0 Å². The van der Waals surface area contributed by atoms with Crippen molar-refractivity contribution in [1.29, 1.82) is 0 Å². The molecule has 1 N–H and O–H groups in total. The summed E-state index contributed by atoms with van der Waals surface area (Å²) >= 11 is 0. The Kier molecular flexibility index (Phi) is 6.99. The lowest BCUT2D eigenvalue weighted by Gasteiger charge is -2.35. The first-order valence-electron chi connectivity index (χ1n) is 8.27. The van der Waals surface area contributed by atoms with E-state index in [1.54, 1.807) is 18.2 Å². The number of benzene rings is 1. The van der Waals surface area contributed by atoms with Crippen LogP contribution in [0.1, 0.15) is 13.3 Å². The van der Waals surface area contributed by atoms with E-state index in [2.05, 4.69) is 5.32 Å². The van der Waals surface area contributed by atoms with Gasteiger partial charge in [-0.25, -0.2) is 4.39 Å². The van der Waals surface area contributed by atoms with Crippen LogP contribution in [0.25, 0.3) is 0 Å². The third-order valence-electron chi connectivity index (χ3n) is 3.91. The molecule has 0 unspecified atom stereocenters. The van der Waals surface area contributed by atoms with Crippen LogP contribution in [-0.4, -0.2) is 62.7 Å². The summed E-state index contributed by atoms with van der Waals surface area (Å²) in [4.78, 5) is 27.4. The molecule has 132 valence electrons. The summed E-state index contributed by atoms with van der Waals surface area (Å²) in [5.41, 5.74) is 0.532. The van der Waals surface area contributed by atoms with Crippen LogP contribution in [0, 0.1) is 5.82 Å². The molecular formula is C17H24FN3O3. The molecule has 24 heavy (non-hydrogen) atoms. The average Bonchev–Trinajstić information content (AvgIpc) is 2.61. The number of anilines is 1. The van der Waals surface area contributed by atoms with Gasteiger partial charge in [-0.1, -0.05) is 12.1 Å². The van der Waals surface area contributed by atoms with Crippen molar-refractivity contribution >= 4 is 17.5 Å². The molecule has 0 atom stereocenters. The number of carbonyl (C=O) groups excluding carboxylic acids is 2. The van der Waals surface area contributed by atoms with Gasteiger partial charge in [0.1, 0.15) is 5.82 Å². The maximum Gasteiger partial charge on any atom is 0.312 e. The number of halogens is 1. The van der Waals surface area contributed by atoms with Crippen molar-refractivity contribution < 1.29 is 18.7 Å². The molecule has 7 heteroatoms. The van der Waals surface area contributed by atoms with Gasteiger partial charge in [0, 0.05) is 45.9 Å². The zero-order valence-electron chi connectivity index (χ0n) is 14.0. The summed E-state index contributed by atoms with van der Waals surface area (Å²) in [6.45, 7) is 5.34. The molecule has 2 rings (SSSR count). The van der Waals surface area contributed by atoms with Gasteiger partial charge in [-0.15, -0.1) is 0 Å². The maximum absolute atomic E-state index is 13.8. The van der Waals surface area contributed by atoms with E-state index < -0.39 is 11.8 Å². The fourth-order valence-corrected chi connectivity index (χ4v) is 2.60. The van der Waals surface area contributed by atoms with Crippen LogP contribution in [0.2, 0.25) is 0 Å². The Balaban J connectivity index is 1.76. The highest BCUT2D eigenvalue weighted by molar-refractivity contribution is 6.35. The monoisotopic (exact) mass is 337 g/mol. The second kappa shape index (κ2) is 9.22. The lowest BCUT2D eigenvalue weighted by molar-refractivity contribution is -0.146. The molecule has 0 aliphatic carbocycles. The maximum atomic E-state index is 13.8. The van der Waals surface area contributed by atoms with Gasteiger partial charge < -0.3 is 19.9 Å². The topological polar surface area (TPSA) is 61.9 Å². The third kappa shape index (κ3) is 4.92. The second-order valence-corrected chi connectivity index (χ2v) is 5.54. The quantitative estimate of drug-likeness (QED) is 0.622.